The summed E-state index contributed by atoms with van der Waals surface area (Å²) in [6, 6.07) is 0.432. The molecule has 1 saturated heterocycles. The van der Waals surface area contributed by atoms with E-state index < -0.39 is 5.60 Å². The molecule has 0 aromatic carbocycles. The largest absolute Gasteiger partial charge is 0.388 e. The first-order valence-corrected chi connectivity index (χ1v) is 6.13. The molecular formula is C12H25NO2. The van der Waals surface area contributed by atoms with Gasteiger partial charge in [-0.3, -0.25) is 0 Å². The zero-order valence-electron chi connectivity index (χ0n) is 10.3. The highest BCUT2D eigenvalue weighted by Gasteiger charge is 2.34. The van der Waals surface area contributed by atoms with E-state index in [9.17, 15) is 5.11 Å². The molecule has 0 aromatic heterocycles. The first-order valence-electron chi connectivity index (χ1n) is 6.13. The first kappa shape index (κ1) is 12.9. The molecule has 2 N–H and O–H groups in total. The van der Waals surface area contributed by atoms with Gasteiger partial charge < -0.3 is 15.2 Å². The van der Waals surface area contributed by atoms with Crippen molar-refractivity contribution < 1.29 is 9.84 Å². The molecule has 0 spiro atoms. The van der Waals surface area contributed by atoms with E-state index in [1.54, 1.807) is 0 Å². The average molecular weight is 215 g/mol. The number of nitrogens with one attached hydrogen (secondary N) is 1. The third-order valence-corrected chi connectivity index (χ3v) is 2.98. The summed E-state index contributed by atoms with van der Waals surface area (Å²) in [6.07, 6.45) is 3.97. The molecule has 3 heteroatoms. The van der Waals surface area contributed by atoms with E-state index in [0.717, 1.165) is 25.7 Å². The molecule has 2 atom stereocenters. The highest BCUT2D eigenvalue weighted by Crippen LogP contribution is 2.26. The average Bonchev–Trinajstić information content (AvgIpc) is 2.16. The summed E-state index contributed by atoms with van der Waals surface area (Å²) >= 11 is 0. The third kappa shape index (κ3) is 4.49. The fraction of sp³-hybridized carbons (Fsp3) is 1.00. The zero-order valence-corrected chi connectivity index (χ0v) is 10.3. The smallest absolute Gasteiger partial charge is 0.0818 e. The lowest BCUT2D eigenvalue weighted by Gasteiger charge is -2.37. The normalized spacial score (nSPS) is 32.2. The molecule has 1 aliphatic rings. The van der Waals surface area contributed by atoms with Gasteiger partial charge in [-0.25, -0.2) is 0 Å². The zero-order chi connectivity index (χ0) is 11.3. The molecule has 3 nitrogen and oxygen atoms in total. The van der Waals surface area contributed by atoms with Gasteiger partial charge in [-0.2, -0.15) is 0 Å². The summed E-state index contributed by atoms with van der Waals surface area (Å²) in [7, 11) is 0. The van der Waals surface area contributed by atoms with Gasteiger partial charge in [0.15, 0.2) is 0 Å². The van der Waals surface area contributed by atoms with Crippen LogP contribution in [0.4, 0.5) is 0 Å². The van der Waals surface area contributed by atoms with Crippen LogP contribution in [0.15, 0.2) is 0 Å². The summed E-state index contributed by atoms with van der Waals surface area (Å²) in [5.41, 5.74) is -0.553. The molecule has 0 saturated carbocycles. The Morgan fingerprint density at radius 3 is 2.87 bits per heavy atom. The molecule has 0 radical (unpaired) electrons. The molecule has 0 bridgehead atoms. The van der Waals surface area contributed by atoms with Gasteiger partial charge in [0.1, 0.15) is 0 Å². The molecule has 2 unspecified atom stereocenters. The lowest BCUT2D eigenvalue weighted by molar-refractivity contribution is -0.104. The highest BCUT2D eigenvalue weighted by atomic mass is 16.5. The molecule has 0 amide bonds. The SMILES string of the molecule is CCCC1CC(O)(CNC(C)C)CCO1. The Kier molecular flexibility index (Phi) is 5.03. The lowest BCUT2D eigenvalue weighted by Crippen LogP contribution is -2.49. The molecule has 1 heterocycles. The van der Waals surface area contributed by atoms with Crippen molar-refractivity contribution >= 4 is 0 Å². The van der Waals surface area contributed by atoms with E-state index in [2.05, 4.69) is 26.1 Å². The van der Waals surface area contributed by atoms with Gasteiger partial charge in [0, 0.05) is 32.0 Å². The van der Waals surface area contributed by atoms with Crippen molar-refractivity contribution in [3.8, 4) is 0 Å². The van der Waals surface area contributed by atoms with Gasteiger partial charge in [0.25, 0.3) is 0 Å². The second kappa shape index (κ2) is 5.83. The number of rotatable bonds is 5. The van der Waals surface area contributed by atoms with Crippen LogP contribution in [0.2, 0.25) is 0 Å². The second-order valence-corrected chi connectivity index (χ2v) is 5.00. The van der Waals surface area contributed by atoms with Crippen LogP contribution in [0.3, 0.4) is 0 Å². The lowest BCUT2D eigenvalue weighted by atomic mass is 9.88. The van der Waals surface area contributed by atoms with Gasteiger partial charge in [-0.1, -0.05) is 27.2 Å². The predicted molar refractivity (Wildman–Crippen MR) is 62.0 cm³/mol. The standard InChI is InChI=1S/C12H25NO2/c1-4-5-11-8-12(14,6-7-15-11)9-13-10(2)3/h10-11,13-14H,4-9H2,1-3H3. The van der Waals surface area contributed by atoms with Crippen molar-refractivity contribution in [2.24, 2.45) is 0 Å². The van der Waals surface area contributed by atoms with Crippen molar-refractivity contribution in [3.63, 3.8) is 0 Å². The fourth-order valence-electron chi connectivity index (χ4n) is 2.06. The highest BCUT2D eigenvalue weighted by molar-refractivity contribution is 4.88. The van der Waals surface area contributed by atoms with E-state index in [1.807, 2.05) is 0 Å². The maximum Gasteiger partial charge on any atom is 0.0818 e. The number of aliphatic hydroxyl groups is 1. The molecule has 0 aliphatic carbocycles. The minimum Gasteiger partial charge on any atom is -0.388 e. The quantitative estimate of drug-likeness (QED) is 0.733. The van der Waals surface area contributed by atoms with Crippen LogP contribution in [-0.4, -0.2) is 36.0 Å². The van der Waals surface area contributed by atoms with E-state index in [4.69, 9.17) is 4.74 Å². The summed E-state index contributed by atoms with van der Waals surface area (Å²) in [5.74, 6) is 0. The van der Waals surface area contributed by atoms with E-state index >= 15 is 0 Å². The molecular weight excluding hydrogens is 190 g/mol. The van der Waals surface area contributed by atoms with Crippen molar-refractivity contribution in [1.29, 1.82) is 0 Å². The van der Waals surface area contributed by atoms with Crippen molar-refractivity contribution in [2.45, 2.75) is 64.2 Å². The van der Waals surface area contributed by atoms with E-state index in [1.165, 1.54) is 0 Å². The van der Waals surface area contributed by atoms with Crippen LogP contribution in [0.5, 0.6) is 0 Å². The van der Waals surface area contributed by atoms with Crippen LogP contribution in [0.1, 0.15) is 46.5 Å². The van der Waals surface area contributed by atoms with Crippen molar-refractivity contribution in [3.05, 3.63) is 0 Å². The summed E-state index contributed by atoms with van der Waals surface area (Å²) in [4.78, 5) is 0. The summed E-state index contributed by atoms with van der Waals surface area (Å²) in [6.45, 7) is 7.75. The number of hydrogen-bond donors (Lipinski definition) is 2. The Balaban J connectivity index is 2.38. The third-order valence-electron chi connectivity index (χ3n) is 2.98. The maximum absolute atomic E-state index is 10.4. The molecule has 1 rings (SSSR count). The minimum atomic E-state index is -0.553. The Morgan fingerprint density at radius 2 is 2.27 bits per heavy atom. The predicted octanol–water partition coefficient (Wildman–Crippen LogP) is 1.69. The van der Waals surface area contributed by atoms with E-state index in [0.29, 0.717) is 19.2 Å². The summed E-state index contributed by atoms with van der Waals surface area (Å²) in [5, 5.41) is 13.7. The van der Waals surface area contributed by atoms with Gasteiger partial charge in [0.2, 0.25) is 0 Å². The Hall–Kier alpha value is -0.120. The van der Waals surface area contributed by atoms with Crippen LogP contribution in [0.25, 0.3) is 0 Å². The molecule has 1 fully saturated rings. The first-order chi connectivity index (χ1) is 7.06. The number of hydrogen-bond acceptors (Lipinski definition) is 3. The molecule has 1 aliphatic heterocycles. The Bertz CT molecular complexity index is 182. The molecule has 0 aromatic rings. The van der Waals surface area contributed by atoms with Crippen LogP contribution in [-0.2, 0) is 4.74 Å². The maximum atomic E-state index is 10.4. The Morgan fingerprint density at radius 1 is 1.53 bits per heavy atom. The van der Waals surface area contributed by atoms with Gasteiger partial charge in [-0.05, 0) is 6.42 Å². The van der Waals surface area contributed by atoms with Crippen LogP contribution < -0.4 is 5.32 Å². The Labute approximate surface area is 93.2 Å². The van der Waals surface area contributed by atoms with Gasteiger partial charge in [-0.15, -0.1) is 0 Å². The monoisotopic (exact) mass is 215 g/mol. The van der Waals surface area contributed by atoms with Crippen molar-refractivity contribution in [1.82, 2.24) is 5.32 Å². The fourth-order valence-corrected chi connectivity index (χ4v) is 2.06. The van der Waals surface area contributed by atoms with Gasteiger partial charge >= 0.3 is 0 Å². The van der Waals surface area contributed by atoms with Crippen LogP contribution in [0, 0.1) is 0 Å². The van der Waals surface area contributed by atoms with Crippen LogP contribution >= 0.6 is 0 Å². The number of ether oxygens (including phenoxy) is 1. The summed E-state index contributed by atoms with van der Waals surface area (Å²) < 4.78 is 5.63. The van der Waals surface area contributed by atoms with E-state index in [-0.39, 0.29) is 6.10 Å². The molecule has 15 heavy (non-hydrogen) atoms. The molecule has 90 valence electrons. The minimum absolute atomic E-state index is 0.253. The van der Waals surface area contributed by atoms with Crippen molar-refractivity contribution in [2.75, 3.05) is 13.2 Å². The van der Waals surface area contributed by atoms with Gasteiger partial charge in [0.05, 0.1) is 11.7 Å². The topological polar surface area (TPSA) is 41.5 Å². The second-order valence-electron chi connectivity index (χ2n) is 5.00.